The molecular weight excluding hydrogens is 180 g/mol. The SMILES string of the molecule is COC(=O)c1ccc(C)c(C(=N)N)c1. The van der Waals surface area contributed by atoms with E-state index in [1.807, 2.05) is 6.92 Å². The molecule has 0 aromatic heterocycles. The minimum Gasteiger partial charge on any atom is -0.465 e. The van der Waals surface area contributed by atoms with E-state index < -0.39 is 5.97 Å². The molecule has 1 rings (SSSR count). The van der Waals surface area contributed by atoms with E-state index in [9.17, 15) is 4.79 Å². The molecule has 3 N–H and O–H groups in total. The van der Waals surface area contributed by atoms with Crippen molar-refractivity contribution < 1.29 is 9.53 Å². The number of hydrogen-bond acceptors (Lipinski definition) is 3. The van der Waals surface area contributed by atoms with E-state index in [1.165, 1.54) is 7.11 Å². The fraction of sp³-hybridized carbons (Fsp3) is 0.200. The fourth-order valence-electron chi connectivity index (χ4n) is 1.16. The van der Waals surface area contributed by atoms with Gasteiger partial charge in [0.1, 0.15) is 5.84 Å². The molecule has 0 heterocycles. The van der Waals surface area contributed by atoms with Gasteiger partial charge in [-0.2, -0.15) is 0 Å². The van der Waals surface area contributed by atoms with Gasteiger partial charge in [-0.3, -0.25) is 5.41 Å². The number of methoxy groups -OCH3 is 1. The first kappa shape index (κ1) is 10.2. The molecule has 0 aliphatic carbocycles. The third-order valence-electron chi connectivity index (χ3n) is 1.95. The summed E-state index contributed by atoms with van der Waals surface area (Å²) in [6, 6.07) is 4.94. The van der Waals surface area contributed by atoms with Crippen molar-refractivity contribution in [3.63, 3.8) is 0 Å². The second kappa shape index (κ2) is 3.91. The summed E-state index contributed by atoms with van der Waals surface area (Å²) in [6.45, 7) is 1.83. The molecule has 4 heteroatoms. The van der Waals surface area contributed by atoms with Crippen molar-refractivity contribution in [2.75, 3.05) is 7.11 Å². The molecular formula is C10H12N2O2. The van der Waals surface area contributed by atoms with Gasteiger partial charge in [-0.05, 0) is 24.6 Å². The zero-order chi connectivity index (χ0) is 10.7. The van der Waals surface area contributed by atoms with Gasteiger partial charge in [-0.15, -0.1) is 0 Å². The molecule has 0 atom stereocenters. The Balaban J connectivity index is 3.19. The van der Waals surface area contributed by atoms with Gasteiger partial charge in [0.2, 0.25) is 0 Å². The molecule has 0 spiro atoms. The molecule has 0 saturated carbocycles. The summed E-state index contributed by atoms with van der Waals surface area (Å²) < 4.78 is 4.56. The minimum atomic E-state index is -0.424. The fourth-order valence-corrected chi connectivity index (χ4v) is 1.16. The van der Waals surface area contributed by atoms with Gasteiger partial charge < -0.3 is 10.5 Å². The van der Waals surface area contributed by atoms with Gasteiger partial charge in [-0.1, -0.05) is 6.07 Å². The highest BCUT2D eigenvalue weighted by atomic mass is 16.5. The molecule has 0 aliphatic heterocycles. The summed E-state index contributed by atoms with van der Waals surface area (Å²) in [4.78, 5) is 11.2. The number of carbonyl (C=O) groups excluding carboxylic acids is 1. The van der Waals surface area contributed by atoms with E-state index in [2.05, 4.69) is 4.74 Å². The van der Waals surface area contributed by atoms with Crippen LogP contribution in [0.1, 0.15) is 21.5 Å². The van der Waals surface area contributed by atoms with Crippen LogP contribution in [-0.2, 0) is 4.74 Å². The normalized spacial score (nSPS) is 9.57. The number of amidine groups is 1. The van der Waals surface area contributed by atoms with Crippen molar-refractivity contribution in [2.24, 2.45) is 5.73 Å². The lowest BCUT2D eigenvalue weighted by Crippen LogP contribution is -2.14. The number of aryl methyl sites for hydroxylation is 1. The highest BCUT2D eigenvalue weighted by Gasteiger charge is 2.08. The lowest BCUT2D eigenvalue weighted by molar-refractivity contribution is 0.0600. The van der Waals surface area contributed by atoms with Crippen molar-refractivity contribution in [2.45, 2.75) is 6.92 Å². The quantitative estimate of drug-likeness (QED) is 0.418. The van der Waals surface area contributed by atoms with Gasteiger partial charge in [0.25, 0.3) is 0 Å². The maximum Gasteiger partial charge on any atom is 0.337 e. The Morgan fingerprint density at radius 2 is 2.14 bits per heavy atom. The van der Waals surface area contributed by atoms with Crippen LogP contribution in [0.15, 0.2) is 18.2 Å². The standard InChI is InChI=1S/C10H12N2O2/c1-6-3-4-7(10(13)14-2)5-8(6)9(11)12/h3-5H,1-2H3,(H3,11,12). The molecule has 0 fully saturated rings. The average Bonchev–Trinajstić information content (AvgIpc) is 2.17. The lowest BCUT2D eigenvalue weighted by Gasteiger charge is -2.05. The van der Waals surface area contributed by atoms with E-state index in [0.29, 0.717) is 11.1 Å². The van der Waals surface area contributed by atoms with Gasteiger partial charge in [0, 0.05) is 5.56 Å². The molecule has 0 radical (unpaired) electrons. The molecule has 14 heavy (non-hydrogen) atoms. The van der Waals surface area contributed by atoms with Crippen molar-refractivity contribution in [3.8, 4) is 0 Å². The molecule has 4 nitrogen and oxygen atoms in total. The van der Waals surface area contributed by atoms with Crippen molar-refractivity contribution >= 4 is 11.8 Å². The zero-order valence-electron chi connectivity index (χ0n) is 8.13. The van der Waals surface area contributed by atoms with Crippen molar-refractivity contribution in [3.05, 3.63) is 34.9 Å². The summed E-state index contributed by atoms with van der Waals surface area (Å²) >= 11 is 0. The third-order valence-corrected chi connectivity index (χ3v) is 1.95. The molecule has 0 bridgehead atoms. The van der Waals surface area contributed by atoms with Crippen molar-refractivity contribution in [1.82, 2.24) is 0 Å². The molecule has 0 amide bonds. The Bertz CT molecular complexity index is 386. The highest BCUT2D eigenvalue weighted by Crippen LogP contribution is 2.11. The summed E-state index contributed by atoms with van der Waals surface area (Å²) in [5.41, 5.74) is 7.19. The molecule has 0 unspecified atom stereocenters. The number of hydrogen-bond donors (Lipinski definition) is 2. The number of ether oxygens (including phenoxy) is 1. The largest absolute Gasteiger partial charge is 0.465 e. The monoisotopic (exact) mass is 192 g/mol. The van der Waals surface area contributed by atoms with E-state index >= 15 is 0 Å². The molecule has 0 saturated heterocycles. The number of nitrogens with one attached hydrogen (secondary N) is 1. The minimum absolute atomic E-state index is 0.0479. The number of nitrogens with two attached hydrogens (primary N) is 1. The predicted molar refractivity (Wildman–Crippen MR) is 53.5 cm³/mol. The van der Waals surface area contributed by atoms with Crippen LogP contribution in [0.2, 0.25) is 0 Å². The smallest absolute Gasteiger partial charge is 0.337 e. The first-order valence-corrected chi connectivity index (χ1v) is 4.09. The summed E-state index contributed by atoms with van der Waals surface area (Å²) in [6.07, 6.45) is 0. The molecule has 74 valence electrons. The average molecular weight is 192 g/mol. The Morgan fingerprint density at radius 1 is 1.50 bits per heavy atom. The first-order chi connectivity index (χ1) is 6.56. The van der Waals surface area contributed by atoms with Crippen LogP contribution in [0.3, 0.4) is 0 Å². The van der Waals surface area contributed by atoms with Crippen LogP contribution < -0.4 is 5.73 Å². The van der Waals surface area contributed by atoms with Gasteiger partial charge >= 0.3 is 5.97 Å². The second-order valence-electron chi connectivity index (χ2n) is 2.93. The first-order valence-electron chi connectivity index (χ1n) is 4.09. The Kier molecular flexibility index (Phi) is 2.86. The topological polar surface area (TPSA) is 76.2 Å². The van der Waals surface area contributed by atoms with E-state index in [1.54, 1.807) is 18.2 Å². The number of esters is 1. The van der Waals surface area contributed by atoms with Crippen molar-refractivity contribution in [1.29, 1.82) is 5.41 Å². The van der Waals surface area contributed by atoms with Crippen LogP contribution in [-0.4, -0.2) is 18.9 Å². The third kappa shape index (κ3) is 1.90. The van der Waals surface area contributed by atoms with Crippen LogP contribution >= 0.6 is 0 Å². The number of carbonyl (C=O) groups is 1. The summed E-state index contributed by atoms with van der Waals surface area (Å²) in [5, 5.41) is 7.30. The second-order valence-corrected chi connectivity index (χ2v) is 2.93. The van der Waals surface area contributed by atoms with Crippen LogP contribution in [0.25, 0.3) is 0 Å². The summed E-state index contributed by atoms with van der Waals surface area (Å²) in [5.74, 6) is -0.472. The molecule has 0 aliphatic rings. The van der Waals surface area contributed by atoms with E-state index in [0.717, 1.165) is 5.56 Å². The van der Waals surface area contributed by atoms with E-state index in [4.69, 9.17) is 11.1 Å². The maximum absolute atomic E-state index is 11.2. The Labute approximate surface area is 82.2 Å². The van der Waals surface area contributed by atoms with Gasteiger partial charge in [0.05, 0.1) is 12.7 Å². The Morgan fingerprint density at radius 3 is 2.64 bits per heavy atom. The van der Waals surface area contributed by atoms with Crippen LogP contribution in [0.5, 0.6) is 0 Å². The molecule has 1 aromatic rings. The van der Waals surface area contributed by atoms with E-state index in [-0.39, 0.29) is 5.84 Å². The zero-order valence-corrected chi connectivity index (χ0v) is 8.13. The number of rotatable bonds is 2. The predicted octanol–water partition coefficient (Wildman–Crippen LogP) is 1.07. The summed E-state index contributed by atoms with van der Waals surface area (Å²) in [7, 11) is 1.32. The number of nitrogen functional groups attached to an aromatic ring is 1. The Hall–Kier alpha value is -1.84. The number of benzene rings is 1. The lowest BCUT2D eigenvalue weighted by atomic mass is 10.0. The van der Waals surface area contributed by atoms with Gasteiger partial charge in [-0.25, -0.2) is 4.79 Å². The van der Waals surface area contributed by atoms with Crippen LogP contribution in [0, 0.1) is 12.3 Å². The highest BCUT2D eigenvalue weighted by molar-refractivity contribution is 5.99. The molecule has 1 aromatic carbocycles. The maximum atomic E-state index is 11.2. The van der Waals surface area contributed by atoms with Crippen LogP contribution in [0.4, 0.5) is 0 Å². The van der Waals surface area contributed by atoms with Gasteiger partial charge in [0.15, 0.2) is 0 Å².